The smallest absolute Gasteiger partial charge is 0.358 e. The molecule has 0 aliphatic carbocycles. The molecule has 0 unspecified atom stereocenters. The third-order valence-electron chi connectivity index (χ3n) is 5.52. The first-order valence-corrected chi connectivity index (χ1v) is 11.2. The third kappa shape index (κ3) is 6.83. The molecule has 2 N–H and O–H groups in total. The first-order chi connectivity index (χ1) is 15.9. The first-order valence-electron chi connectivity index (χ1n) is 11.2. The molecule has 0 bridgehead atoms. The van der Waals surface area contributed by atoms with E-state index < -0.39 is 18.2 Å². The molecule has 0 saturated carbocycles. The van der Waals surface area contributed by atoms with Gasteiger partial charge in [-0.05, 0) is 36.5 Å². The minimum Gasteiger partial charge on any atom is -0.454 e. The monoisotopic (exact) mass is 449 g/mol. The zero-order valence-electron chi connectivity index (χ0n) is 19.3. The van der Waals surface area contributed by atoms with Gasteiger partial charge in [0.1, 0.15) is 6.10 Å². The number of amides is 1. The van der Waals surface area contributed by atoms with Crippen molar-refractivity contribution in [2.75, 3.05) is 7.05 Å². The molecule has 2 aromatic carbocycles. The highest BCUT2D eigenvalue weighted by atomic mass is 16.6. The number of nitrogens with zero attached hydrogens (tertiary/aromatic N) is 2. The maximum absolute atomic E-state index is 12.9. The Morgan fingerprint density at radius 2 is 1.67 bits per heavy atom. The minimum absolute atomic E-state index is 0.0731. The summed E-state index contributed by atoms with van der Waals surface area (Å²) in [5.41, 5.74) is 2.25. The van der Waals surface area contributed by atoms with Gasteiger partial charge < -0.3 is 15.2 Å². The van der Waals surface area contributed by atoms with E-state index in [2.05, 4.69) is 15.3 Å². The fourth-order valence-electron chi connectivity index (χ4n) is 3.88. The van der Waals surface area contributed by atoms with Crippen LogP contribution in [0.4, 0.5) is 0 Å². The minimum atomic E-state index is -1.02. The molecule has 174 valence electrons. The summed E-state index contributed by atoms with van der Waals surface area (Å²) in [5.74, 6) is -0.897. The number of aliphatic hydroxyl groups excluding tert-OH is 1. The highest BCUT2D eigenvalue weighted by Gasteiger charge is 2.30. The van der Waals surface area contributed by atoms with E-state index in [4.69, 9.17) is 4.74 Å². The normalized spacial score (nSPS) is 14.0. The Kier molecular flexibility index (Phi) is 8.49. The second-order valence-corrected chi connectivity index (χ2v) is 8.62. The Hall–Kier alpha value is -3.32. The zero-order chi connectivity index (χ0) is 23.8. The van der Waals surface area contributed by atoms with Gasteiger partial charge in [0.2, 0.25) is 5.91 Å². The van der Waals surface area contributed by atoms with E-state index in [1.165, 1.54) is 6.20 Å². The predicted octanol–water partition coefficient (Wildman–Crippen LogP) is 3.56. The molecule has 1 amide bonds. The maximum atomic E-state index is 12.9. The number of carbonyl (C=O) groups excluding carboxylic acids is 2. The Bertz CT molecular complexity index is 1070. The lowest BCUT2D eigenvalue weighted by molar-refractivity contribution is -0.126. The summed E-state index contributed by atoms with van der Waals surface area (Å²) in [6.07, 6.45) is 0.640. The van der Waals surface area contributed by atoms with Gasteiger partial charge in [-0.25, -0.2) is 9.78 Å². The Balaban J connectivity index is 1.81. The van der Waals surface area contributed by atoms with Crippen LogP contribution in [0, 0.1) is 11.8 Å². The molecule has 7 heteroatoms. The summed E-state index contributed by atoms with van der Waals surface area (Å²) in [7, 11) is 1.59. The van der Waals surface area contributed by atoms with Crippen molar-refractivity contribution in [3.8, 4) is 0 Å². The van der Waals surface area contributed by atoms with Crippen molar-refractivity contribution in [1.82, 2.24) is 15.3 Å². The van der Waals surface area contributed by atoms with Crippen molar-refractivity contribution < 1.29 is 19.4 Å². The summed E-state index contributed by atoms with van der Waals surface area (Å²) >= 11 is 0. The van der Waals surface area contributed by atoms with Crippen LogP contribution in [0.25, 0.3) is 11.0 Å². The van der Waals surface area contributed by atoms with Crippen LogP contribution in [0.1, 0.15) is 42.7 Å². The van der Waals surface area contributed by atoms with Crippen LogP contribution in [0.3, 0.4) is 0 Å². The topological polar surface area (TPSA) is 101 Å². The van der Waals surface area contributed by atoms with E-state index in [-0.39, 0.29) is 29.9 Å². The number of rotatable bonds is 10. The quantitative estimate of drug-likeness (QED) is 0.459. The molecule has 33 heavy (non-hydrogen) atoms. The largest absolute Gasteiger partial charge is 0.454 e. The second-order valence-electron chi connectivity index (χ2n) is 8.62. The van der Waals surface area contributed by atoms with Crippen LogP contribution in [-0.4, -0.2) is 46.2 Å². The number of carbonyl (C=O) groups is 2. The molecule has 0 aliphatic rings. The van der Waals surface area contributed by atoms with Crippen LogP contribution in [0.2, 0.25) is 0 Å². The number of ether oxygens (including phenoxy) is 1. The van der Waals surface area contributed by atoms with Crippen molar-refractivity contribution in [3.05, 3.63) is 72.1 Å². The lowest BCUT2D eigenvalue weighted by atomic mass is 9.88. The molecule has 0 fully saturated rings. The number of para-hydroxylation sites is 2. The summed E-state index contributed by atoms with van der Waals surface area (Å²) in [5, 5.41) is 13.7. The molecule has 7 nitrogen and oxygen atoms in total. The van der Waals surface area contributed by atoms with Crippen LogP contribution in [0.5, 0.6) is 0 Å². The highest BCUT2D eigenvalue weighted by Crippen LogP contribution is 2.22. The standard InChI is InChI=1S/C26H31N3O4/c1-17(2)13-19(25(31)27-3)15-23(30)24(14-18-9-5-4-6-10-18)33-26(32)22-16-28-20-11-7-8-12-21(20)29-22/h4-12,16-17,19,23-24,30H,13-15H2,1-3H3,(H,27,31)/t19-,23-,24-/m0/s1. The van der Waals surface area contributed by atoms with Gasteiger partial charge in [-0.2, -0.15) is 0 Å². The van der Waals surface area contributed by atoms with Gasteiger partial charge in [-0.3, -0.25) is 9.78 Å². The predicted molar refractivity (Wildman–Crippen MR) is 127 cm³/mol. The molecule has 3 aromatic rings. The number of fused-ring (bicyclic) bond motifs is 1. The molecule has 0 aliphatic heterocycles. The van der Waals surface area contributed by atoms with Gasteiger partial charge >= 0.3 is 5.97 Å². The Morgan fingerprint density at radius 1 is 1.00 bits per heavy atom. The lowest BCUT2D eigenvalue weighted by Crippen LogP contribution is -2.38. The third-order valence-corrected chi connectivity index (χ3v) is 5.52. The molecule has 0 saturated heterocycles. The van der Waals surface area contributed by atoms with Gasteiger partial charge in [0, 0.05) is 19.4 Å². The fourth-order valence-corrected chi connectivity index (χ4v) is 3.88. The van der Waals surface area contributed by atoms with Gasteiger partial charge in [0.15, 0.2) is 5.69 Å². The number of esters is 1. The summed E-state index contributed by atoms with van der Waals surface area (Å²) < 4.78 is 5.75. The van der Waals surface area contributed by atoms with Crippen molar-refractivity contribution >= 4 is 22.9 Å². The van der Waals surface area contributed by atoms with E-state index in [9.17, 15) is 14.7 Å². The summed E-state index contributed by atoms with van der Waals surface area (Å²) in [4.78, 5) is 33.9. The maximum Gasteiger partial charge on any atom is 0.358 e. The molecular weight excluding hydrogens is 418 g/mol. The summed E-state index contributed by atoms with van der Waals surface area (Å²) in [6, 6.07) is 16.8. The second kappa shape index (κ2) is 11.5. The molecule has 1 aromatic heterocycles. The molecule has 3 rings (SSSR count). The number of benzene rings is 2. The van der Waals surface area contributed by atoms with E-state index in [0.717, 1.165) is 5.56 Å². The van der Waals surface area contributed by atoms with E-state index in [1.807, 2.05) is 62.4 Å². The average molecular weight is 450 g/mol. The Labute approximate surface area is 194 Å². The zero-order valence-corrected chi connectivity index (χ0v) is 19.3. The molecular formula is C26H31N3O4. The fraction of sp³-hybridized carbons (Fsp3) is 0.385. The first kappa shape index (κ1) is 24.3. The van der Waals surface area contributed by atoms with Crippen molar-refractivity contribution in [3.63, 3.8) is 0 Å². The molecule has 0 spiro atoms. The van der Waals surface area contributed by atoms with E-state index >= 15 is 0 Å². The molecule has 0 radical (unpaired) electrons. The van der Waals surface area contributed by atoms with Crippen molar-refractivity contribution in [2.24, 2.45) is 11.8 Å². The van der Waals surface area contributed by atoms with Gasteiger partial charge in [0.05, 0.1) is 23.3 Å². The number of aromatic nitrogens is 2. The van der Waals surface area contributed by atoms with Crippen LogP contribution < -0.4 is 5.32 Å². The van der Waals surface area contributed by atoms with Crippen LogP contribution in [0.15, 0.2) is 60.8 Å². The molecule has 3 atom stereocenters. The Morgan fingerprint density at radius 3 is 2.33 bits per heavy atom. The van der Waals surface area contributed by atoms with E-state index in [1.54, 1.807) is 13.1 Å². The SMILES string of the molecule is CNC(=O)[C@@H](CC(C)C)C[C@H](O)[C@H](Cc1ccccc1)OC(=O)c1cnc2ccccc2n1. The van der Waals surface area contributed by atoms with Crippen molar-refractivity contribution in [1.29, 1.82) is 0 Å². The van der Waals surface area contributed by atoms with Crippen LogP contribution in [-0.2, 0) is 16.0 Å². The van der Waals surface area contributed by atoms with Crippen molar-refractivity contribution in [2.45, 2.75) is 45.3 Å². The number of hydrogen-bond donors (Lipinski definition) is 2. The molecule has 1 heterocycles. The van der Waals surface area contributed by atoms with Gasteiger partial charge in [-0.1, -0.05) is 56.3 Å². The van der Waals surface area contributed by atoms with Crippen LogP contribution >= 0.6 is 0 Å². The number of hydrogen-bond acceptors (Lipinski definition) is 6. The van der Waals surface area contributed by atoms with Gasteiger partial charge in [-0.15, -0.1) is 0 Å². The highest BCUT2D eigenvalue weighted by molar-refractivity contribution is 5.89. The van der Waals surface area contributed by atoms with E-state index in [0.29, 0.717) is 23.9 Å². The average Bonchev–Trinajstić information content (AvgIpc) is 2.82. The number of nitrogens with one attached hydrogen (secondary N) is 1. The lowest BCUT2D eigenvalue weighted by Gasteiger charge is -2.27. The van der Waals surface area contributed by atoms with Gasteiger partial charge in [0.25, 0.3) is 0 Å². The summed E-state index contributed by atoms with van der Waals surface area (Å²) in [6.45, 7) is 4.06. The number of aliphatic hydroxyl groups is 1.